The number of carbonyl (C=O) groups excluding carboxylic acids is 2. The van der Waals surface area contributed by atoms with Crippen molar-refractivity contribution in [3.05, 3.63) is 17.8 Å². The number of carbonyl (C=O) groups is 2. The molecule has 0 aliphatic heterocycles. The molecule has 0 saturated heterocycles. The third-order valence-electron chi connectivity index (χ3n) is 4.40. The van der Waals surface area contributed by atoms with Crippen LogP contribution in [0.2, 0.25) is 0 Å². The van der Waals surface area contributed by atoms with Crippen molar-refractivity contribution in [3.8, 4) is 0 Å². The van der Waals surface area contributed by atoms with Crippen molar-refractivity contribution < 1.29 is 19.1 Å². The molecule has 1 aliphatic rings. The monoisotopic (exact) mass is 363 g/mol. The molecule has 1 aliphatic carbocycles. The molecule has 2 N–H and O–H groups in total. The molecule has 1 fully saturated rings. The SMILES string of the molecule is COC(=O)Cc1cc(NC(=O)OC(C)C)cnc1NCC1CCCCC1. The number of ether oxygens (including phenoxy) is 2. The second kappa shape index (κ2) is 9.99. The van der Waals surface area contributed by atoms with Crippen molar-refractivity contribution in [1.29, 1.82) is 0 Å². The van der Waals surface area contributed by atoms with Gasteiger partial charge in [0.05, 0.1) is 31.5 Å². The Balaban J connectivity index is 2.07. The Morgan fingerprint density at radius 1 is 1.27 bits per heavy atom. The highest BCUT2D eigenvalue weighted by molar-refractivity contribution is 5.85. The van der Waals surface area contributed by atoms with Crippen LogP contribution in [0.5, 0.6) is 0 Å². The summed E-state index contributed by atoms with van der Waals surface area (Å²) >= 11 is 0. The van der Waals surface area contributed by atoms with Gasteiger partial charge in [0.1, 0.15) is 5.82 Å². The van der Waals surface area contributed by atoms with E-state index in [9.17, 15) is 9.59 Å². The van der Waals surface area contributed by atoms with E-state index in [-0.39, 0.29) is 18.5 Å². The Bertz CT molecular complexity index is 613. The van der Waals surface area contributed by atoms with Crippen LogP contribution >= 0.6 is 0 Å². The lowest BCUT2D eigenvalue weighted by atomic mass is 9.89. The summed E-state index contributed by atoms with van der Waals surface area (Å²) in [6.45, 7) is 4.39. The van der Waals surface area contributed by atoms with Gasteiger partial charge in [0.25, 0.3) is 0 Å². The Morgan fingerprint density at radius 2 is 2.00 bits per heavy atom. The molecular weight excluding hydrogens is 334 g/mol. The van der Waals surface area contributed by atoms with Crippen molar-refractivity contribution in [2.75, 3.05) is 24.3 Å². The Morgan fingerprint density at radius 3 is 2.65 bits per heavy atom. The Labute approximate surface area is 154 Å². The maximum atomic E-state index is 11.8. The molecule has 0 unspecified atom stereocenters. The fourth-order valence-electron chi connectivity index (χ4n) is 3.09. The lowest BCUT2D eigenvalue weighted by Gasteiger charge is -2.22. The summed E-state index contributed by atoms with van der Waals surface area (Å²) in [6, 6.07) is 1.73. The zero-order chi connectivity index (χ0) is 18.9. The van der Waals surface area contributed by atoms with Crippen LogP contribution in [0.1, 0.15) is 51.5 Å². The normalized spacial score (nSPS) is 14.8. The fourth-order valence-corrected chi connectivity index (χ4v) is 3.09. The van der Waals surface area contributed by atoms with Gasteiger partial charge in [-0.3, -0.25) is 10.1 Å². The van der Waals surface area contributed by atoms with Crippen LogP contribution in [-0.2, 0) is 20.7 Å². The van der Waals surface area contributed by atoms with E-state index in [0.29, 0.717) is 23.0 Å². The van der Waals surface area contributed by atoms with E-state index in [4.69, 9.17) is 9.47 Å². The molecule has 144 valence electrons. The summed E-state index contributed by atoms with van der Waals surface area (Å²) in [5, 5.41) is 6.00. The van der Waals surface area contributed by atoms with Crippen LogP contribution in [0.4, 0.5) is 16.3 Å². The zero-order valence-corrected chi connectivity index (χ0v) is 15.8. The summed E-state index contributed by atoms with van der Waals surface area (Å²) in [5.74, 6) is 0.938. The van der Waals surface area contributed by atoms with E-state index in [0.717, 1.165) is 6.54 Å². The minimum absolute atomic E-state index is 0.0885. The number of hydrogen-bond acceptors (Lipinski definition) is 6. The van der Waals surface area contributed by atoms with Gasteiger partial charge in [-0.15, -0.1) is 0 Å². The Kier molecular flexibility index (Phi) is 7.69. The van der Waals surface area contributed by atoms with Gasteiger partial charge >= 0.3 is 12.1 Å². The van der Waals surface area contributed by atoms with Crippen LogP contribution in [0.25, 0.3) is 0 Å². The summed E-state index contributed by atoms with van der Waals surface area (Å²) in [7, 11) is 1.35. The van der Waals surface area contributed by atoms with E-state index in [1.54, 1.807) is 26.1 Å². The first-order valence-electron chi connectivity index (χ1n) is 9.25. The average molecular weight is 363 g/mol. The number of nitrogens with one attached hydrogen (secondary N) is 2. The summed E-state index contributed by atoms with van der Waals surface area (Å²) in [5.41, 5.74) is 1.17. The zero-order valence-electron chi connectivity index (χ0n) is 15.8. The quantitative estimate of drug-likeness (QED) is 0.717. The molecule has 2 rings (SSSR count). The molecule has 1 saturated carbocycles. The molecule has 1 heterocycles. The van der Waals surface area contributed by atoms with E-state index in [2.05, 4.69) is 15.6 Å². The predicted octanol–water partition coefficient (Wildman–Crippen LogP) is 3.75. The average Bonchev–Trinajstić information content (AvgIpc) is 2.61. The van der Waals surface area contributed by atoms with Crippen LogP contribution in [-0.4, -0.2) is 36.8 Å². The fraction of sp³-hybridized carbons (Fsp3) is 0.632. The summed E-state index contributed by atoms with van der Waals surface area (Å²) in [4.78, 5) is 27.9. The highest BCUT2D eigenvalue weighted by Crippen LogP contribution is 2.25. The molecule has 0 atom stereocenters. The highest BCUT2D eigenvalue weighted by Gasteiger charge is 2.16. The second-order valence-corrected chi connectivity index (χ2v) is 6.95. The van der Waals surface area contributed by atoms with Gasteiger partial charge in [-0.05, 0) is 38.7 Å². The van der Waals surface area contributed by atoms with Gasteiger partial charge in [-0.1, -0.05) is 19.3 Å². The number of anilines is 2. The van der Waals surface area contributed by atoms with Gasteiger partial charge in [-0.2, -0.15) is 0 Å². The lowest BCUT2D eigenvalue weighted by Crippen LogP contribution is -2.20. The number of amides is 1. The number of nitrogens with zero attached hydrogens (tertiary/aromatic N) is 1. The third kappa shape index (κ3) is 6.54. The van der Waals surface area contributed by atoms with Crippen molar-refractivity contribution in [2.24, 2.45) is 5.92 Å². The van der Waals surface area contributed by atoms with Crippen molar-refractivity contribution in [1.82, 2.24) is 4.98 Å². The van der Waals surface area contributed by atoms with Crippen LogP contribution in [0.3, 0.4) is 0 Å². The molecule has 1 amide bonds. The number of methoxy groups -OCH3 is 1. The number of rotatable bonds is 7. The van der Waals surface area contributed by atoms with Crippen LogP contribution in [0, 0.1) is 5.92 Å². The molecule has 7 heteroatoms. The van der Waals surface area contributed by atoms with Crippen LogP contribution < -0.4 is 10.6 Å². The molecule has 0 bridgehead atoms. The maximum absolute atomic E-state index is 11.8. The maximum Gasteiger partial charge on any atom is 0.411 e. The molecule has 26 heavy (non-hydrogen) atoms. The van der Waals surface area contributed by atoms with Gasteiger partial charge in [0, 0.05) is 12.1 Å². The molecule has 7 nitrogen and oxygen atoms in total. The molecule has 1 aromatic heterocycles. The van der Waals surface area contributed by atoms with Crippen molar-refractivity contribution in [2.45, 2.75) is 58.5 Å². The van der Waals surface area contributed by atoms with E-state index >= 15 is 0 Å². The first-order valence-corrected chi connectivity index (χ1v) is 9.25. The first-order chi connectivity index (χ1) is 12.5. The van der Waals surface area contributed by atoms with Gasteiger partial charge in [0.2, 0.25) is 0 Å². The van der Waals surface area contributed by atoms with Gasteiger partial charge in [-0.25, -0.2) is 9.78 Å². The van der Waals surface area contributed by atoms with E-state index in [1.807, 2.05) is 0 Å². The number of pyridine rings is 1. The second-order valence-electron chi connectivity index (χ2n) is 6.95. The summed E-state index contributed by atoms with van der Waals surface area (Å²) in [6.07, 6.45) is 7.19. The van der Waals surface area contributed by atoms with E-state index in [1.165, 1.54) is 39.2 Å². The molecule has 0 aromatic carbocycles. The third-order valence-corrected chi connectivity index (χ3v) is 4.40. The molecular formula is C19H29N3O4. The lowest BCUT2D eigenvalue weighted by molar-refractivity contribution is -0.139. The smallest absolute Gasteiger partial charge is 0.411 e. The number of aromatic nitrogens is 1. The molecule has 0 radical (unpaired) electrons. The van der Waals surface area contributed by atoms with Gasteiger partial charge in [0.15, 0.2) is 0 Å². The Hall–Kier alpha value is -2.31. The van der Waals surface area contributed by atoms with Gasteiger partial charge < -0.3 is 14.8 Å². The molecule has 0 spiro atoms. The first kappa shape index (κ1) is 20.0. The molecule has 1 aromatic rings. The largest absolute Gasteiger partial charge is 0.469 e. The van der Waals surface area contributed by atoms with Crippen molar-refractivity contribution in [3.63, 3.8) is 0 Å². The highest BCUT2D eigenvalue weighted by atomic mass is 16.6. The minimum atomic E-state index is -0.547. The summed E-state index contributed by atoms with van der Waals surface area (Å²) < 4.78 is 9.84. The predicted molar refractivity (Wildman–Crippen MR) is 100 cm³/mol. The number of esters is 1. The van der Waals surface area contributed by atoms with Crippen LogP contribution in [0.15, 0.2) is 12.3 Å². The van der Waals surface area contributed by atoms with Crippen molar-refractivity contribution >= 4 is 23.6 Å². The van der Waals surface area contributed by atoms with E-state index < -0.39 is 6.09 Å². The topological polar surface area (TPSA) is 89.5 Å². The number of hydrogen-bond donors (Lipinski definition) is 2. The standard InChI is InChI=1S/C19H29N3O4/c1-13(2)26-19(24)22-16-9-15(10-17(23)25-3)18(21-12-16)20-11-14-7-5-4-6-8-14/h9,12-14H,4-8,10-11H2,1-3H3,(H,20,21)(H,22,24). The minimum Gasteiger partial charge on any atom is -0.469 e.